The number of carbonyl (C=O) groups is 2. The van der Waals surface area contributed by atoms with Gasteiger partial charge in [0.15, 0.2) is 0 Å². The Hall–Kier alpha value is -2.18. The molecule has 0 N–H and O–H groups in total. The molecule has 0 amide bonds. The predicted octanol–water partition coefficient (Wildman–Crippen LogP) is 4.57. The molecule has 26 heavy (non-hydrogen) atoms. The van der Waals surface area contributed by atoms with Crippen LogP contribution in [0.1, 0.15) is 26.1 Å². The summed E-state index contributed by atoms with van der Waals surface area (Å²) in [6, 6.07) is 14.4. The molecule has 0 unspecified atom stereocenters. The predicted molar refractivity (Wildman–Crippen MR) is 107 cm³/mol. The lowest BCUT2D eigenvalue weighted by molar-refractivity contribution is -0.128. The lowest BCUT2D eigenvalue weighted by Gasteiger charge is -2.08. The summed E-state index contributed by atoms with van der Waals surface area (Å²) in [6.45, 7) is 0. The van der Waals surface area contributed by atoms with Gasteiger partial charge in [-0.25, -0.2) is 9.59 Å². The van der Waals surface area contributed by atoms with E-state index < -0.39 is 11.9 Å². The number of hydrogen-bond donors (Lipinski definition) is 0. The maximum Gasteiger partial charge on any atom is 0.337 e. The third kappa shape index (κ3) is 4.93. The van der Waals surface area contributed by atoms with Gasteiger partial charge in [0.25, 0.3) is 0 Å². The highest BCUT2D eigenvalue weighted by Gasteiger charge is 2.18. The van der Waals surface area contributed by atoms with Crippen LogP contribution in [0.3, 0.4) is 0 Å². The van der Waals surface area contributed by atoms with E-state index in [2.05, 4.69) is 4.74 Å². The van der Waals surface area contributed by atoms with Gasteiger partial charge in [-0.3, -0.25) is 0 Å². The van der Waals surface area contributed by atoms with E-state index in [1.165, 1.54) is 30.3 Å². The van der Waals surface area contributed by atoms with Gasteiger partial charge in [-0.2, -0.15) is 0 Å². The number of ether oxygens (including phenoxy) is 2. The first kappa shape index (κ1) is 18.6. The lowest BCUT2D eigenvalue weighted by atomic mass is 10.1. The molecule has 0 spiro atoms. The molecule has 1 aliphatic heterocycles. The Kier molecular flexibility index (Phi) is 6.41. The topological polar surface area (TPSA) is 52.6 Å². The van der Waals surface area contributed by atoms with Crippen molar-refractivity contribution in [2.24, 2.45) is 0 Å². The molecule has 0 bridgehead atoms. The Morgan fingerprint density at radius 3 is 2.27 bits per heavy atom. The van der Waals surface area contributed by atoms with Crippen molar-refractivity contribution >= 4 is 41.5 Å². The number of rotatable bonds is 5. The Morgan fingerprint density at radius 2 is 1.65 bits per heavy atom. The van der Waals surface area contributed by atoms with Crippen LogP contribution in [-0.2, 0) is 9.53 Å². The van der Waals surface area contributed by atoms with Gasteiger partial charge in [0, 0.05) is 17.6 Å². The van der Waals surface area contributed by atoms with Gasteiger partial charge in [-0.1, -0.05) is 24.3 Å². The highest BCUT2D eigenvalue weighted by Crippen LogP contribution is 2.45. The van der Waals surface area contributed by atoms with Gasteiger partial charge in [-0.15, -0.1) is 23.5 Å². The normalized spacial score (nSPS) is 14.5. The molecule has 0 atom stereocenters. The van der Waals surface area contributed by atoms with Crippen molar-refractivity contribution in [3.63, 3.8) is 0 Å². The van der Waals surface area contributed by atoms with Crippen LogP contribution in [0.4, 0.5) is 0 Å². The van der Waals surface area contributed by atoms with E-state index in [1.807, 2.05) is 47.8 Å². The molecule has 0 radical (unpaired) electrons. The fourth-order valence-electron chi connectivity index (χ4n) is 2.41. The average molecular weight is 386 g/mol. The van der Waals surface area contributed by atoms with E-state index in [0.717, 1.165) is 5.56 Å². The minimum absolute atomic E-state index is 0.391. The molecule has 134 valence electrons. The first-order valence-electron chi connectivity index (χ1n) is 8.07. The van der Waals surface area contributed by atoms with Crippen LogP contribution in [0.25, 0.3) is 6.08 Å². The van der Waals surface area contributed by atoms with Crippen molar-refractivity contribution < 1.29 is 19.1 Å². The summed E-state index contributed by atoms with van der Waals surface area (Å²) in [5, 5.41) is 0. The van der Waals surface area contributed by atoms with Gasteiger partial charge in [0.05, 0.1) is 17.3 Å². The second-order valence-corrected chi connectivity index (χ2v) is 8.23. The molecule has 1 heterocycles. The van der Waals surface area contributed by atoms with Crippen molar-refractivity contribution in [3.8, 4) is 5.75 Å². The molecule has 4 nitrogen and oxygen atoms in total. The molecule has 3 rings (SSSR count). The van der Waals surface area contributed by atoms with Crippen LogP contribution >= 0.6 is 23.5 Å². The third-order valence-corrected chi connectivity index (χ3v) is 6.84. The quantitative estimate of drug-likeness (QED) is 0.426. The highest BCUT2D eigenvalue weighted by atomic mass is 32.2. The molecule has 1 aliphatic rings. The molecule has 0 saturated carbocycles. The zero-order valence-electron chi connectivity index (χ0n) is 14.2. The van der Waals surface area contributed by atoms with Crippen molar-refractivity contribution in [2.75, 3.05) is 18.6 Å². The Bertz CT molecular complexity index is 792. The molecular formula is C20H18O4S2. The summed E-state index contributed by atoms with van der Waals surface area (Å²) < 4.78 is 10.4. The van der Waals surface area contributed by atoms with Crippen molar-refractivity contribution in [2.45, 2.75) is 4.58 Å². The van der Waals surface area contributed by atoms with Gasteiger partial charge in [-0.05, 0) is 41.5 Å². The van der Waals surface area contributed by atoms with Crippen molar-refractivity contribution in [1.29, 1.82) is 0 Å². The fourth-order valence-corrected chi connectivity index (χ4v) is 5.27. The third-order valence-electron chi connectivity index (χ3n) is 3.74. The standard InChI is InChI=1S/C20H18O4S2/c1-23-19(22)15-5-2-14(3-6-15)4-11-18(21)24-17-9-7-16(8-10-17)20-25-12-13-26-20/h2-11,20H,12-13H2,1H3/b11-4+. The Morgan fingerprint density at radius 1 is 1.00 bits per heavy atom. The van der Waals surface area contributed by atoms with E-state index in [-0.39, 0.29) is 0 Å². The van der Waals surface area contributed by atoms with E-state index in [0.29, 0.717) is 15.9 Å². The number of methoxy groups -OCH3 is 1. The molecule has 1 saturated heterocycles. The zero-order chi connectivity index (χ0) is 18.4. The first-order chi connectivity index (χ1) is 12.7. The second-order valence-electron chi connectivity index (χ2n) is 5.51. The fraction of sp³-hybridized carbons (Fsp3) is 0.200. The molecule has 2 aromatic carbocycles. The summed E-state index contributed by atoms with van der Waals surface area (Å²) in [4.78, 5) is 23.3. The molecule has 6 heteroatoms. The number of esters is 2. The smallest absolute Gasteiger partial charge is 0.337 e. The summed E-state index contributed by atoms with van der Waals surface area (Å²) in [7, 11) is 1.34. The van der Waals surface area contributed by atoms with E-state index in [9.17, 15) is 9.59 Å². The van der Waals surface area contributed by atoms with Gasteiger partial charge >= 0.3 is 11.9 Å². The zero-order valence-corrected chi connectivity index (χ0v) is 15.8. The maximum absolute atomic E-state index is 12.0. The molecule has 2 aromatic rings. The molecule has 1 fully saturated rings. The average Bonchev–Trinajstić information content (AvgIpc) is 3.21. The lowest BCUT2D eigenvalue weighted by Crippen LogP contribution is -2.03. The van der Waals surface area contributed by atoms with Crippen LogP contribution in [-0.4, -0.2) is 30.6 Å². The highest BCUT2D eigenvalue weighted by molar-refractivity contribution is 8.19. The Labute approximate surface area is 161 Å². The van der Waals surface area contributed by atoms with Gasteiger partial charge < -0.3 is 9.47 Å². The number of hydrogen-bond acceptors (Lipinski definition) is 6. The van der Waals surface area contributed by atoms with E-state index in [1.54, 1.807) is 30.3 Å². The van der Waals surface area contributed by atoms with Crippen LogP contribution in [0, 0.1) is 0 Å². The summed E-state index contributed by atoms with van der Waals surface area (Å²) in [5.74, 6) is 2.05. The monoisotopic (exact) mass is 386 g/mol. The minimum Gasteiger partial charge on any atom is -0.465 e. The van der Waals surface area contributed by atoms with Gasteiger partial charge in [0.1, 0.15) is 5.75 Å². The number of carbonyl (C=O) groups excluding carboxylic acids is 2. The summed E-state index contributed by atoms with van der Waals surface area (Å²) >= 11 is 3.88. The largest absolute Gasteiger partial charge is 0.465 e. The minimum atomic E-state index is -0.445. The Balaban J connectivity index is 1.56. The molecule has 0 aromatic heterocycles. The van der Waals surface area contributed by atoms with E-state index >= 15 is 0 Å². The van der Waals surface area contributed by atoms with Crippen LogP contribution in [0.2, 0.25) is 0 Å². The number of thioether (sulfide) groups is 2. The van der Waals surface area contributed by atoms with Crippen molar-refractivity contribution in [3.05, 3.63) is 71.3 Å². The molecular weight excluding hydrogens is 368 g/mol. The summed E-state index contributed by atoms with van der Waals surface area (Å²) in [6.07, 6.45) is 3.01. The van der Waals surface area contributed by atoms with Crippen LogP contribution in [0.5, 0.6) is 5.75 Å². The SMILES string of the molecule is COC(=O)c1ccc(/C=C/C(=O)Oc2ccc(C3SCCS3)cc2)cc1. The van der Waals surface area contributed by atoms with E-state index in [4.69, 9.17) is 4.74 Å². The van der Waals surface area contributed by atoms with Crippen molar-refractivity contribution in [1.82, 2.24) is 0 Å². The maximum atomic E-state index is 12.0. The number of benzene rings is 2. The molecule has 0 aliphatic carbocycles. The van der Waals surface area contributed by atoms with Gasteiger partial charge in [0.2, 0.25) is 0 Å². The van der Waals surface area contributed by atoms with Crippen LogP contribution in [0.15, 0.2) is 54.6 Å². The first-order valence-corrected chi connectivity index (χ1v) is 10.2. The second kappa shape index (κ2) is 8.96. The van der Waals surface area contributed by atoms with Crippen LogP contribution < -0.4 is 4.74 Å². The summed E-state index contributed by atoms with van der Waals surface area (Å²) in [5.41, 5.74) is 2.50.